The fourth-order valence-electron chi connectivity index (χ4n) is 3.37. The summed E-state index contributed by atoms with van der Waals surface area (Å²) >= 11 is 0. The fraction of sp³-hybridized carbons (Fsp3) is 0.435. The van der Waals surface area contributed by atoms with E-state index in [0.717, 1.165) is 11.3 Å². The number of aromatic nitrogens is 4. The van der Waals surface area contributed by atoms with Gasteiger partial charge in [-0.3, -0.25) is 14.5 Å². The van der Waals surface area contributed by atoms with Crippen molar-refractivity contribution in [1.82, 2.24) is 25.5 Å². The summed E-state index contributed by atoms with van der Waals surface area (Å²) in [5, 5.41) is 15.2. The van der Waals surface area contributed by atoms with Gasteiger partial charge in [-0.15, -0.1) is 10.2 Å². The Morgan fingerprint density at radius 1 is 1.19 bits per heavy atom. The molecule has 3 aromatic rings. The predicted octanol–water partition coefficient (Wildman–Crippen LogP) is 3.28. The van der Waals surface area contributed by atoms with Crippen molar-refractivity contribution in [3.05, 3.63) is 47.7 Å². The predicted molar refractivity (Wildman–Crippen MR) is 121 cm³/mol. The molecule has 2 aromatic heterocycles. The van der Waals surface area contributed by atoms with Crippen molar-refractivity contribution in [1.29, 1.82) is 0 Å². The summed E-state index contributed by atoms with van der Waals surface area (Å²) in [6.45, 7) is 11.2. The maximum absolute atomic E-state index is 13.4. The van der Waals surface area contributed by atoms with E-state index in [1.807, 2.05) is 65.8 Å². The molecule has 0 spiro atoms. The highest BCUT2D eigenvalue weighted by Crippen LogP contribution is 2.22. The molecule has 2 heterocycles. The second kappa shape index (κ2) is 9.33. The Kier molecular flexibility index (Phi) is 6.76. The summed E-state index contributed by atoms with van der Waals surface area (Å²) in [6, 6.07) is 10.4. The van der Waals surface area contributed by atoms with Crippen molar-refractivity contribution in [3.8, 4) is 11.6 Å². The molecule has 32 heavy (non-hydrogen) atoms. The topological polar surface area (TPSA) is 106 Å². The molecule has 1 aromatic carbocycles. The van der Waals surface area contributed by atoms with Crippen LogP contribution in [0.15, 0.2) is 40.8 Å². The van der Waals surface area contributed by atoms with Gasteiger partial charge in [0.2, 0.25) is 11.7 Å². The van der Waals surface area contributed by atoms with Gasteiger partial charge >= 0.3 is 0 Å². The third-order valence-electron chi connectivity index (χ3n) is 4.74. The average Bonchev–Trinajstić information content (AvgIpc) is 3.33. The number of hydrogen-bond donors (Lipinski definition) is 1. The highest BCUT2D eigenvalue weighted by Gasteiger charge is 2.32. The lowest BCUT2D eigenvalue weighted by atomic mass is 10.1. The number of anilines is 1. The number of nitrogens with one attached hydrogen (secondary N) is 1. The van der Waals surface area contributed by atoms with Gasteiger partial charge in [0, 0.05) is 11.2 Å². The molecule has 2 amide bonds. The Morgan fingerprint density at radius 2 is 1.94 bits per heavy atom. The summed E-state index contributed by atoms with van der Waals surface area (Å²) < 4.78 is 5.52. The molecular weight excluding hydrogens is 408 g/mol. The van der Waals surface area contributed by atoms with Crippen LogP contribution in [0, 0.1) is 13.8 Å². The van der Waals surface area contributed by atoms with Crippen LogP contribution in [-0.4, -0.2) is 43.6 Å². The summed E-state index contributed by atoms with van der Waals surface area (Å²) in [5.41, 5.74) is 1.21. The fourth-order valence-corrected chi connectivity index (χ4v) is 3.37. The van der Waals surface area contributed by atoms with Crippen molar-refractivity contribution in [2.75, 3.05) is 4.90 Å². The standard InChI is InChI=1S/C23H30N6O3/c1-7-18(22(31)24-23(4,5)6)29(17-10-8-9-15(2)13-17)20(30)14-28-26-21(25-27-28)19-12-11-16(3)32-19/h8-13,18H,7,14H2,1-6H3,(H,24,31). The molecule has 1 unspecified atom stereocenters. The molecular formula is C23H30N6O3. The van der Waals surface area contributed by atoms with Crippen LogP contribution in [0.5, 0.6) is 0 Å². The Labute approximate surface area is 187 Å². The first-order valence-corrected chi connectivity index (χ1v) is 10.6. The smallest absolute Gasteiger partial charge is 0.251 e. The van der Waals surface area contributed by atoms with Crippen molar-refractivity contribution in [2.45, 2.75) is 66.1 Å². The molecule has 0 radical (unpaired) electrons. The molecule has 0 aliphatic heterocycles. The average molecular weight is 439 g/mol. The summed E-state index contributed by atoms with van der Waals surface area (Å²) in [5.74, 6) is 0.978. The SMILES string of the molecule is CCC(C(=O)NC(C)(C)C)N(C(=O)Cn1nnc(-c2ccc(C)o2)n1)c1cccc(C)c1. The molecule has 170 valence electrons. The van der Waals surface area contributed by atoms with Gasteiger partial charge in [0.05, 0.1) is 0 Å². The number of furan rings is 1. The van der Waals surface area contributed by atoms with Crippen LogP contribution in [0.2, 0.25) is 0 Å². The van der Waals surface area contributed by atoms with Crippen LogP contribution in [0.4, 0.5) is 5.69 Å². The Bertz CT molecular complexity index is 1100. The zero-order chi connectivity index (χ0) is 23.5. The third-order valence-corrected chi connectivity index (χ3v) is 4.74. The lowest BCUT2D eigenvalue weighted by molar-refractivity contribution is -0.128. The minimum atomic E-state index is -0.681. The van der Waals surface area contributed by atoms with Gasteiger partial charge in [0.15, 0.2) is 5.76 Å². The van der Waals surface area contributed by atoms with E-state index in [4.69, 9.17) is 4.42 Å². The molecule has 0 aliphatic carbocycles. The van der Waals surface area contributed by atoms with E-state index in [1.165, 1.54) is 9.70 Å². The first-order chi connectivity index (χ1) is 15.1. The molecule has 0 fully saturated rings. The lowest BCUT2D eigenvalue weighted by Gasteiger charge is -2.33. The first kappa shape index (κ1) is 23.2. The summed E-state index contributed by atoms with van der Waals surface area (Å²) in [7, 11) is 0. The monoisotopic (exact) mass is 438 g/mol. The zero-order valence-electron chi connectivity index (χ0n) is 19.4. The molecule has 0 aliphatic rings. The molecule has 0 saturated carbocycles. The molecule has 9 nitrogen and oxygen atoms in total. The van der Waals surface area contributed by atoms with E-state index in [-0.39, 0.29) is 18.4 Å². The maximum Gasteiger partial charge on any atom is 0.251 e. The van der Waals surface area contributed by atoms with E-state index in [1.54, 1.807) is 12.1 Å². The van der Waals surface area contributed by atoms with Crippen LogP contribution in [0.3, 0.4) is 0 Å². The molecule has 1 atom stereocenters. The van der Waals surface area contributed by atoms with Crippen molar-refractivity contribution < 1.29 is 14.0 Å². The van der Waals surface area contributed by atoms with Crippen LogP contribution in [-0.2, 0) is 16.1 Å². The molecule has 0 bridgehead atoms. The normalized spacial score (nSPS) is 12.4. The number of carbonyl (C=O) groups is 2. The quantitative estimate of drug-likeness (QED) is 0.607. The number of hydrogen-bond acceptors (Lipinski definition) is 6. The van der Waals surface area contributed by atoms with Gasteiger partial charge in [-0.05, 0) is 76.1 Å². The summed E-state index contributed by atoms with van der Waals surface area (Å²) in [6.07, 6.45) is 0.448. The highest BCUT2D eigenvalue weighted by molar-refractivity contribution is 6.00. The number of nitrogens with zero attached hydrogens (tertiary/aromatic N) is 5. The van der Waals surface area contributed by atoms with Gasteiger partial charge in [0.1, 0.15) is 18.3 Å². The minimum absolute atomic E-state index is 0.167. The van der Waals surface area contributed by atoms with Crippen molar-refractivity contribution >= 4 is 17.5 Å². The van der Waals surface area contributed by atoms with Crippen LogP contribution >= 0.6 is 0 Å². The lowest BCUT2D eigenvalue weighted by Crippen LogP contribution is -2.54. The van der Waals surface area contributed by atoms with Crippen LogP contribution in [0.25, 0.3) is 11.6 Å². The molecule has 0 saturated heterocycles. The van der Waals surface area contributed by atoms with Crippen molar-refractivity contribution in [3.63, 3.8) is 0 Å². The third kappa shape index (κ3) is 5.60. The number of amides is 2. The largest absolute Gasteiger partial charge is 0.458 e. The van der Waals surface area contributed by atoms with Crippen molar-refractivity contribution in [2.24, 2.45) is 0 Å². The van der Waals surface area contributed by atoms with Gasteiger partial charge in [0.25, 0.3) is 5.91 Å². The molecule has 3 rings (SSSR count). The number of carbonyl (C=O) groups excluding carboxylic acids is 2. The second-order valence-corrected chi connectivity index (χ2v) is 8.82. The highest BCUT2D eigenvalue weighted by atomic mass is 16.3. The summed E-state index contributed by atoms with van der Waals surface area (Å²) in [4.78, 5) is 29.2. The maximum atomic E-state index is 13.4. The Hall–Kier alpha value is -3.49. The van der Waals surface area contributed by atoms with Crippen LogP contribution in [0.1, 0.15) is 45.4 Å². The number of aryl methyl sites for hydroxylation is 2. The Morgan fingerprint density at radius 3 is 2.53 bits per heavy atom. The zero-order valence-corrected chi connectivity index (χ0v) is 19.4. The van der Waals surface area contributed by atoms with Gasteiger partial charge in [-0.2, -0.15) is 4.80 Å². The number of rotatable bonds is 7. The van der Waals surface area contributed by atoms with E-state index >= 15 is 0 Å². The minimum Gasteiger partial charge on any atom is -0.458 e. The van der Waals surface area contributed by atoms with Gasteiger partial charge < -0.3 is 9.73 Å². The van der Waals surface area contributed by atoms with E-state index < -0.39 is 11.6 Å². The van der Waals surface area contributed by atoms with E-state index in [9.17, 15) is 9.59 Å². The van der Waals surface area contributed by atoms with Gasteiger partial charge in [-0.1, -0.05) is 19.1 Å². The number of tetrazole rings is 1. The van der Waals surface area contributed by atoms with E-state index in [0.29, 0.717) is 23.7 Å². The second-order valence-electron chi connectivity index (χ2n) is 8.82. The van der Waals surface area contributed by atoms with E-state index in [2.05, 4.69) is 20.7 Å². The molecule has 9 heteroatoms. The van der Waals surface area contributed by atoms with Crippen LogP contribution < -0.4 is 10.2 Å². The first-order valence-electron chi connectivity index (χ1n) is 10.6. The van der Waals surface area contributed by atoms with Gasteiger partial charge in [-0.25, -0.2) is 0 Å². The number of benzene rings is 1. The molecule has 1 N–H and O–H groups in total. The Balaban J connectivity index is 1.90.